The molecule has 3 aromatic rings. The minimum absolute atomic E-state index is 0.0691. The van der Waals surface area contributed by atoms with Crippen LogP contribution in [0.4, 0.5) is 0 Å². The van der Waals surface area contributed by atoms with Gasteiger partial charge in [-0.05, 0) is 120 Å². The number of benzene rings is 3. The molecular weight excluding hydrogens is 977 g/mol. The first-order valence-electron chi connectivity index (χ1n) is 27.3. The Balaban J connectivity index is 1.25. The van der Waals surface area contributed by atoms with Crippen LogP contribution in [0.5, 0.6) is 0 Å². The van der Waals surface area contributed by atoms with Crippen molar-refractivity contribution in [1.29, 1.82) is 0 Å². The Morgan fingerprint density at radius 2 is 0.935 bits per heavy atom. The number of hydrogen-bond acceptors (Lipinski definition) is 10. The zero-order chi connectivity index (χ0) is 56.6. The van der Waals surface area contributed by atoms with Crippen molar-refractivity contribution in [3.05, 3.63) is 107 Å². The first kappa shape index (κ1) is 61.2. The Labute approximate surface area is 456 Å². The molecule has 0 spiro atoms. The highest BCUT2D eigenvalue weighted by Crippen LogP contribution is 2.28. The third-order valence-corrected chi connectivity index (χ3v) is 14.7. The molecule has 2 aliphatic heterocycles. The van der Waals surface area contributed by atoms with Gasteiger partial charge < -0.3 is 51.5 Å². The fourth-order valence-corrected chi connectivity index (χ4v) is 9.94. The molecule has 0 aliphatic carbocycles. The van der Waals surface area contributed by atoms with Gasteiger partial charge in [0.2, 0.25) is 35.4 Å². The number of carbonyl (C=O) groups is 8. The van der Waals surface area contributed by atoms with Gasteiger partial charge in [0.05, 0.1) is 12.6 Å². The molecule has 0 radical (unpaired) electrons. The van der Waals surface area contributed by atoms with Gasteiger partial charge in [0.25, 0.3) is 11.8 Å². The van der Waals surface area contributed by atoms with Gasteiger partial charge in [-0.15, -0.1) is 0 Å². The Kier molecular flexibility index (Phi) is 22.3. The van der Waals surface area contributed by atoms with Gasteiger partial charge in [0.1, 0.15) is 24.2 Å². The highest BCUT2D eigenvalue weighted by atomic mass is 16.2. The van der Waals surface area contributed by atoms with Crippen LogP contribution in [0.25, 0.3) is 0 Å². The van der Waals surface area contributed by atoms with Gasteiger partial charge in [0, 0.05) is 62.5 Å². The quantitative estimate of drug-likeness (QED) is 0.0759. The molecule has 0 unspecified atom stereocenters. The lowest BCUT2D eigenvalue weighted by Gasteiger charge is -2.38. The van der Waals surface area contributed by atoms with Gasteiger partial charge in [-0.3, -0.25) is 38.4 Å². The van der Waals surface area contributed by atoms with Crippen molar-refractivity contribution < 1.29 is 38.4 Å². The van der Waals surface area contributed by atoms with Crippen molar-refractivity contribution in [1.82, 2.24) is 51.5 Å². The Hall–Kier alpha value is -6.66. The van der Waals surface area contributed by atoms with E-state index in [9.17, 15) is 38.4 Å². The number of hydrogen-bond donors (Lipinski definition) is 6. The molecule has 2 heterocycles. The molecule has 6 N–H and O–H groups in total. The highest BCUT2D eigenvalue weighted by molar-refractivity contribution is 6.01. The third-order valence-electron chi connectivity index (χ3n) is 14.7. The van der Waals surface area contributed by atoms with Crippen molar-refractivity contribution in [2.75, 3.05) is 59.9 Å². The summed E-state index contributed by atoms with van der Waals surface area (Å²) in [5, 5.41) is 17.3. The highest BCUT2D eigenvalue weighted by Gasteiger charge is 2.43. The lowest BCUT2D eigenvalue weighted by Crippen LogP contribution is -2.59. The molecule has 18 nitrogen and oxygen atoms in total. The monoisotopic (exact) mass is 1060 g/mol. The second kappa shape index (κ2) is 28.1. The van der Waals surface area contributed by atoms with E-state index in [0.717, 1.165) is 24.0 Å². The number of amides is 8. The number of rotatable bonds is 24. The van der Waals surface area contributed by atoms with Gasteiger partial charge >= 0.3 is 0 Å². The summed E-state index contributed by atoms with van der Waals surface area (Å²) in [7, 11) is 3.36. The summed E-state index contributed by atoms with van der Waals surface area (Å²) in [6.45, 7) is 18.7. The normalized spacial score (nSPS) is 17.5. The zero-order valence-corrected chi connectivity index (χ0v) is 47.4. The molecule has 0 saturated carbocycles. The van der Waals surface area contributed by atoms with E-state index < -0.39 is 52.9 Å². The van der Waals surface area contributed by atoms with Gasteiger partial charge in [-0.25, -0.2) is 0 Å². The van der Waals surface area contributed by atoms with E-state index >= 15 is 0 Å². The van der Waals surface area contributed by atoms with E-state index in [2.05, 4.69) is 31.9 Å². The van der Waals surface area contributed by atoms with E-state index in [-0.39, 0.29) is 78.3 Å². The van der Waals surface area contributed by atoms with Crippen LogP contribution in [0, 0.1) is 10.8 Å². The van der Waals surface area contributed by atoms with Crippen molar-refractivity contribution in [3.8, 4) is 0 Å². The van der Waals surface area contributed by atoms with Crippen molar-refractivity contribution in [2.24, 2.45) is 10.8 Å². The predicted octanol–water partition coefficient (Wildman–Crippen LogP) is 3.94. The summed E-state index contributed by atoms with van der Waals surface area (Å²) >= 11 is 0. The van der Waals surface area contributed by atoms with Crippen LogP contribution in [-0.4, -0.2) is 169 Å². The lowest BCUT2D eigenvalue weighted by molar-refractivity contribution is -0.142. The van der Waals surface area contributed by atoms with E-state index in [4.69, 9.17) is 0 Å². The number of nitrogens with zero attached hydrogens (tertiary/aromatic N) is 4. The second-order valence-corrected chi connectivity index (χ2v) is 22.9. The fraction of sp³-hybridized carbons (Fsp3) is 0.559. The summed E-state index contributed by atoms with van der Waals surface area (Å²) in [5.74, 6) is -2.65. The van der Waals surface area contributed by atoms with Crippen LogP contribution in [0.2, 0.25) is 0 Å². The number of likely N-dealkylation sites (N-methyl/N-ethyl adjacent to an activating group) is 2. The van der Waals surface area contributed by atoms with Gasteiger partial charge in [0.15, 0.2) is 0 Å². The Morgan fingerprint density at radius 3 is 1.30 bits per heavy atom. The van der Waals surface area contributed by atoms with E-state index in [0.29, 0.717) is 51.9 Å². The first-order chi connectivity index (χ1) is 36.4. The lowest BCUT2D eigenvalue weighted by atomic mass is 9.85. The average Bonchev–Trinajstić information content (AvgIpc) is 4.08. The van der Waals surface area contributed by atoms with E-state index in [1.165, 1.54) is 24.3 Å². The van der Waals surface area contributed by atoms with Gasteiger partial charge in [-0.2, -0.15) is 0 Å². The van der Waals surface area contributed by atoms with Crippen LogP contribution in [-0.2, 0) is 41.6 Å². The van der Waals surface area contributed by atoms with E-state index in [1.807, 2.05) is 102 Å². The number of carbonyl (C=O) groups excluding carboxylic acids is 8. The summed E-state index contributed by atoms with van der Waals surface area (Å²) < 4.78 is 0. The summed E-state index contributed by atoms with van der Waals surface area (Å²) in [6, 6.07) is 20.9. The first-order valence-corrected chi connectivity index (χ1v) is 27.3. The topological polar surface area (TPSA) is 222 Å². The molecule has 77 heavy (non-hydrogen) atoms. The molecule has 7 atom stereocenters. The minimum Gasteiger partial charge on any atom is -0.343 e. The minimum atomic E-state index is -0.952. The van der Waals surface area contributed by atoms with Crippen molar-refractivity contribution in [3.63, 3.8) is 0 Å². The Morgan fingerprint density at radius 1 is 0.545 bits per heavy atom. The van der Waals surface area contributed by atoms with Crippen LogP contribution in [0.3, 0.4) is 0 Å². The molecule has 3 aromatic carbocycles. The molecule has 18 heteroatoms. The molecule has 2 fully saturated rings. The average molecular weight is 1060 g/mol. The molecular formula is C59H86N10O8. The standard InChI is InChI=1S/C59H86N10O8/c1-39(61-11)51(71)65-50(59(7,8)9)57(77)69-33-19-25-47(69)38-67(35-31-43-22-16-13-17-23-43)55(75)41(3)63-53(73)45-28-26-44(27-29-45)52(72)62-40(2)54(74)66(34-30-42-20-14-12-15-21-42)37-46-24-18-32-68(46)56(76)49(58(4,5)6)64-48(70)36-60-10/h12-17,20-23,26-29,39-41,46-47,49-50,60-61H,18-19,24-25,30-38H2,1-11H3,(H,62,72)(H,63,73)(H,64,70)(H,65,71)/t39-,40-,41-,46-,47-,49+,50+/m0/s1. The van der Waals surface area contributed by atoms with E-state index in [1.54, 1.807) is 54.5 Å². The Bertz CT molecular complexity index is 2480. The largest absolute Gasteiger partial charge is 0.343 e. The maximum absolute atomic E-state index is 14.4. The number of nitrogens with one attached hydrogen (secondary N) is 6. The van der Waals surface area contributed by atoms with Crippen molar-refractivity contribution >= 4 is 47.3 Å². The predicted molar refractivity (Wildman–Crippen MR) is 298 cm³/mol. The summed E-state index contributed by atoms with van der Waals surface area (Å²) in [4.78, 5) is 117. The second-order valence-electron chi connectivity index (χ2n) is 22.9. The SMILES string of the molecule is CNCC(=O)N[C@H](C(=O)N1CCC[C@H]1CN(CCc1ccccc1)C(=O)[C@H](C)NC(=O)c1ccc(C(=O)N[C@@H](C)C(=O)N(CCc2ccccc2)C[C@@H]2CCCN2C(=O)[C@@H](NC(=O)[C@H](C)NC)C(C)(C)C)cc1)C(C)(C)C. The maximum Gasteiger partial charge on any atom is 0.251 e. The van der Waals surface area contributed by atoms with Crippen LogP contribution < -0.4 is 31.9 Å². The molecule has 0 bridgehead atoms. The zero-order valence-electron chi connectivity index (χ0n) is 47.4. The molecule has 420 valence electrons. The van der Waals surface area contributed by atoms with Crippen LogP contribution >= 0.6 is 0 Å². The molecule has 8 amide bonds. The van der Waals surface area contributed by atoms with Crippen LogP contribution in [0.15, 0.2) is 84.9 Å². The molecule has 2 saturated heterocycles. The maximum atomic E-state index is 14.4. The van der Waals surface area contributed by atoms with Crippen molar-refractivity contribution in [2.45, 2.75) is 143 Å². The van der Waals surface area contributed by atoms with Gasteiger partial charge in [-0.1, -0.05) is 102 Å². The third kappa shape index (κ3) is 17.4. The summed E-state index contributed by atoms with van der Waals surface area (Å²) in [5.41, 5.74) is 1.33. The van der Waals surface area contributed by atoms with Crippen LogP contribution in [0.1, 0.15) is 120 Å². The molecule has 0 aromatic heterocycles. The fourth-order valence-electron chi connectivity index (χ4n) is 9.94. The smallest absolute Gasteiger partial charge is 0.251 e. The molecule has 5 rings (SSSR count). The number of likely N-dealkylation sites (tertiary alicyclic amines) is 2. The molecule has 2 aliphatic rings. The summed E-state index contributed by atoms with van der Waals surface area (Å²) in [6.07, 6.45) is 3.91.